The van der Waals surface area contributed by atoms with Gasteiger partial charge in [0.05, 0.1) is 18.3 Å². The number of urea groups is 1. The summed E-state index contributed by atoms with van der Waals surface area (Å²) in [5, 5.41) is 29.2. The summed E-state index contributed by atoms with van der Waals surface area (Å²) in [7, 11) is 0. The average Bonchev–Trinajstić information content (AvgIpc) is 2.87. The van der Waals surface area contributed by atoms with E-state index in [1.807, 2.05) is 31.2 Å². The summed E-state index contributed by atoms with van der Waals surface area (Å²) >= 11 is 0. The zero-order valence-electron chi connectivity index (χ0n) is 20.4. The number of hydrazone groups is 1. The molecule has 0 aliphatic carbocycles. The summed E-state index contributed by atoms with van der Waals surface area (Å²) in [5.41, 5.74) is 5.34. The third-order valence-corrected chi connectivity index (χ3v) is 5.04. The topological polar surface area (TPSA) is 182 Å². The minimum absolute atomic E-state index is 0.214. The van der Waals surface area contributed by atoms with E-state index in [1.54, 1.807) is 18.3 Å². The first kappa shape index (κ1) is 28.8. The number of anilines is 1. The molecule has 0 bridgehead atoms. The predicted octanol–water partition coefficient (Wildman–Crippen LogP) is 2.52. The van der Waals surface area contributed by atoms with Gasteiger partial charge in [0.25, 0.3) is 5.91 Å². The normalized spacial score (nSPS) is 11.5. The molecule has 37 heavy (non-hydrogen) atoms. The van der Waals surface area contributed by atoms with E-state index in [-0.39, 0.29) is 18.7 Å². The Balaban J connectivity index is 1.59. The number of carboxylic acid groups (broad SMARTS) is 2. The third kappa shape index (κ3) is 11.7. The van der Waals surface area contributed by atoms with Crippen molar-refractivity contribution in [3.05, 3.63) is 65.8 Å². The minimum atomic E-state index is -1.31. The van der Waals surface area contributed by atoms with E-state index in [0.29, 0.717) is 37.2 Å². The molecule has 0 aliphatic heterocycles. The molecule has 0 saturated carbocycles. The molecule has 1 unspecified atom stereocenters. The van der Waals surface area contributed by atoms with Crippen LogP contribution in [0.2, 0.25) is 0 Å². The molecule has 0 spiro atoms. The van der Waals surface area contributed by atoms with Crippen LogP contribution >= 0.6 is 0 Å². The smallest absolute Gasteiger partial charge is 0.326 e. The lowest BCUT2D eigenvalue weighted by Gasteiger charge is -2.14. The highest BCUT2D eigenvalue weighted by Gasteiger charge is 2.20. The number of aromatic nitrogens is 1. The van der Waals surface area contributed by atoms with Crippen LogP contribution in [0, 0.1) is 13.5 Å². The fourth-order valence-electron chi connectivity index (χ4n) is 2.99. The van der Waals surface area contributed by atoms with Crippen molar-refractivity contribution in [2.24, 2.45) is 5.10 Å². The number of amides is 3. The molecule has 1 aromatic heterocycles. The van der Waals surface area contributed by atoms with E-state index < -0.39 is 24.0 Å². The molecule has 2 aromatic rings. The second-order valence-electron chi connectivity index (χ2n) is 8.11. The third-order valence-electron chi connectivity index (χ3n) is 5.04. The van der Waals surface area contributed by atoms with Crippen molar-refractivity contribution in [3.63, 3.8) is 0 Å². The van der Waals surface area contributed by atoms with Crippen LogP contribution in [0.5, 0.6) is 0 Å². The fraction of sp³-hybridized carbons (Fsp3) is 0.320. The van der Waals surface area contributed by atoms with Crippen LogP contribution in [-0.4, -0.2) is 57.9 Å². The second-order valence-corrected chi connectivity index (χ2v) is 8.11. The Morgan fingerprint density at radius 2 is 1.81 bits per heavy atom. The van der Waals surface area contributed by atoms with E-state index in [2.05, 4.69) is 31.5 Å². The van der Waals surface area contributed by atoms with Crippen LogP contribution in [0.25, 0.3) is 0 Å². The van der Waals surface area contributed by atoms with Crippen LogP contribution in [0.3, 0.4) is 0 Å². The first-order chi connectivity index (χ1) is 17.7. The van der Waals surface area contributed by atoms with Gasteiger partial charge in [-0.2, -0.15) is 5.10 Å². The first-order valence-corrected chi connectivity index (χ1v) is 11.7. The van der Waals surface area contributed by atoms with Gasteiger partial charge in [-0.15, -0.1) is 0 Å². The molecule has 197 valence electrons. The Hall–Kier alpha value is -4.48. The zero-order chi connectivity index (χ0) is 27.0. The number of hydrogen-bond acceptors (Lipinski definition) is 7. The van der Waals surface area contributed by atoms with E-state index in [9.17, 15) is 19.2 Å². The van der Waals surface area contributed by atoms with Gasteiger partial charge in [-0.05, 0) is 50.3 Å². The van der Waals surface area contributed by atoms with Gasteiger partial charge in [-0.1, -0.05) is 29.8 Å². The molecule has 12 heteroatoms. The molecule has 0 aliphatic rings. The number of carbonyl (C=O) groups is 4. The van der Waals surface area contributed by atoms with Gasteiger partial charge in [-0.25, -0.2) is 14.6 Å². The van der Waals surface area contributed by atoms with Crippen LogP contribution < -0.4 is 21.4 Å². The lowest BCUT2D eigenvalue weighted by molar-refractivity contribution is -0.140. The number of carbonyl (C=O) groups excluding carboxylic acids is 2. The number of hydrogen-bond donors (Lipinski definition) is 6. The Kier molecular flexibility index (Phi) is 12.0. The summed E-state index contributed by atoms with van der Waals surface area (Å²) in [5.74, 6) is -2.20. The summed E-state index contributed by atoms with van der Waals surface area (Å²) in [6, 6.07) is 9.19. The molecule has 0 saturated heterocycles. The fourth-order valence-corrected chi connectivity index (χ4v) is 2.99. The number of pyridine rings is 1. The Labute approximate surface area is 214 Å². The van der Waals surface area contributed by atoms with Crippen LogP contribution in [0.4, 0.5) is 10.6 Å². The average molecular weight is 512 g/mol. The maximum absolute atomic E-state index is 12.3. The molecule has 1 radical (unpaired) electrons. The highest BCUT2D eigenvalue weighted by Crippen LogP contribution is 2.06. The van der Waals surface area contributed by atoms with Gasteiger partial charge in [0.1, 0.15) is 11.9 Å². The zero-order valence-corrected chi connectivity index (χ0v) is 20.4. The van der Waals surface area contributed by atoms with Crippen molar-refractivity contribution >= 4 is 35.9 Å². The molecule has 3 amide bonds. The largest absolute Gasteiger partial charge is 0.481 e. The number of rotatable bonds is 15. The number of carboxylic acids is 2. The van der Waals surface area contributed by atoms with Gasteiger partial charge < -0.3 is 26.2 Å². The van der Waals surface area contributed by atoms with Crippen molar-refractivity contribution in [2.75, 3.05) is 12.0 Å². The molecular weight excluding hydrogens is 480 g/mol. The molecule has 1 aromatic carbocycles. The standard InChI is InChI=1S/C25H31N6O6/c1-17-5-7-18(8-6-17)15-29-31-21-11-9-19(16-28-21)23(34)26-13-3-2-4-14-27-25(37)30-20(24(35)36)10-12-22(32)33/h5-9,11,14-16,20H,2-4,10,12-13H2,1H3,(H,26,34)(H,28,31)(H,32,33)(H,35,36)(H2,27,30,37)/b29-15+. The highest BCUT2D eigenvalue weighted by atomic mass is 16.4. The molecule has 0 fully saturated rings. The molecular formula is C25H31N6O6. The van der Waals surface area contributed by atoms with Crippen molar-refractivity contribution in [1.29, 1.82) is 0 Å². The van der Waals surface area contributed by atoms with Crippen LogP contribution in [0.1, 0.15) is 53.6 Å². The maximum Gasteiger partial charge on any atom is 0.326 e. The van der Waals surface area contributed by atoms with Gasteiger partial charge in [-0.3, -0.25) is 15.0 Å². The van der Waals surface area contributed by atoms with Crippen molar-refractivity contribution < 1.29 is 29.4 Å². The quantitative estimate of drug-likeness (QED) is 0.120. The van der Waals surface area contributed by atoms with Gasteiger partial charge >= 0.3 is 18.0 Å². The van der Waals surface area contributed by atoms with E-state index in [0.717, 1.165) is 5.56 Å². The van der Waals surface area contributed by atoms with Crippen molar-refractivity contribution in [2.45, 2.75) is 45.1 Å². The number of aryl methyl sites for hydroxylation is 1. The van der Waals surface area contributed by atoms with Crippen LogP contribution in [-0.2, 0) is 9.59 Å². The number of unbranched alkanes of at least 4 members (excludes halogenated alkanes) is 2. The summed E-state index contributed by atoms with van der Waals surface area (Å²) < 4.78 is 0. The predicted molar refractivity (Wildman–Crippen MR) is 137 cm³/mol. The van der Waals surface area contributed by atoms with E-state index in [1.165, 1.54) is 18.3 Å². The molecule has 2 rings (SSSR count). The van der Waals surface area contributed by atoms with Gasteiger partial charge in [0.2, 0.25) is 0 Å². The Morgan fingerprint density at radius 1 is 1.05 bits per heavy atom. The highest BCUT2D eigenvalue weighted by molar-refractivity contribution is 5.94. The maximum atomic E-state index is 12.3. The number of benzene rings is 1. The Bertz CT molecular complexity index is 1070. The second kappa shape index (κ2) is 15.5. The summed E-state index contributed by atoms with van der Waals surface area (Å²) in [6.07, 6.45) is 4.37. The Morgan fingerprint density at radius 3 is 2.46 bits per heavy atom. The van der Waals surface area contributed by atoms with Crippen molar-refractivity contribution in [1.82, 2.24) is 20.9 Å². The lowest BCUT2D eigenvalue weighted by atomic mass is 10.1. The SMILES string of the molecule is Cc1ccc(/C=N/Nc2ccc(C(=O)NCCCC[CH]NC(=O)NC(CCC(=O)O)C(=O)O)cn2)cc1. The van der Waals surface area contributed by atoms with Crippen LogP contribution in [0.15, 0.2) is 47.7 Å². The lowest BCUT2D eigenvalue weighted by Crippen LogP contribution is -2.45. The first-order valence-electron chi connectivity index (χ1n) is 11.7. The van der Waals surface area contributed by atoms with Gasteiger partial charge in [0, 0.05) is 19.2 Å². The molecule has 12 nitrogen and oxygen atoms in total. The van der Waals surface area contributed by atoms with E-state index >= 15 is 0 Å². The number of nitrogens with one attached hydrogen (secondary N) is 4. The molecule has 1 atom stereocenters. The molecule has 6 N–H and O–H groups in total. The van der Waals surface area contributed by atoms with Crippen molar-refractivity contribution in [3.8, 4) is 0 Å². The monoisotopic (exact) mass is 511 g/mol. The number of nitrogens with zero attached hydrogens (tertiary/aromatic N) is 2. The van der Waals surface area contributed by atoms with E-state index in [4.69, 9.17) is 10.2 Å². The number of aliphatic carboxylic acids is 2. The minimum Gasteiger partial charge on any atom is -0.481 e. The molecule has 1 heterocycles. The van der Waals surface area contributed by atoms with Gasteiger partial charge in [0.15, 0.2) is 0 Å². The summed E-state index contributed by atoms with van der Waals surface area (Å²) in [4.78, 5) is 49.8. The summed E-state index contributed by atoms with van der Waals surface area (Å²) in [6.45, 7) is 3.91.